The molecule has 0 saturated carbocycles. The van der Waals surface area contributed by atoms with Crippen LogP contribution >= 0.6 is 15.6 Å². The van der Waals surface area contributed by atoms with Gasteiger partial charge in [-0.15, -0.1) is 0 Å². The van der Waals surface area contributed by atoms with Gasteiger partial charge in [0.05, 0.1) is 25.4 Å². The Labute approximate surface area is 419 Å². The van der Waals surface area contributed by atoms with Crippen molar-refractivity contribution in [2.45, 2.75) is 198 Å². The normalized spacial score (nSPS) is 22.5. The summed E-state index contributed by atoms with van der Waals surface area (Å²) < 4.78 is 62.5. The van der Waals surface area contributed by atoms with E-state index >= 15 is 0 Å². The highest BCUT2D eigenvalue weighted by atomic mass is 31.3. The third-order valence-electron chi connectivity index (χ3n) is 11.5. The average Bonchev–Trinajstić information content (AvgIpc) is 4.02. The van der Waals surface area contributed by atoms with Crippen LogP contribution < -0.4 is 11.4 Å². The number of aliphatic hydroxyl groups is 2. The number of hydrogen-bond acceptors (Lipinski definition) is 16. The molecular formula is C50H81N3O16P2. The molecule has 2 fully saturated rings. The molecule has 2 aliphatic heterocycles. The summed E-state index contributed by atoms with van der Waals surface area (Å²) in [7, 11) is -10.9. The number of carbonyl (C=O) groups is 2. The third kappa shape index (κ3) is 27.9. The highest BCUT2D eigenvalue weighted by Gasteiger charge is 2.46. The van der Waals surface area contributed by atoms with Crippen molar-refractivity contribution in [2.24, 2.45) is 0 Å². The smallest absolute Gasteiger partial charge is 0.462 e. The highest BCUT2D eigenvalue weighted by molar-refractivity contribution is 7.61. The molecule has 6 N–H and O–H groups in total. The summed E-state index contributed by atoms with van der Waals surface area (Å²) in [6.07, 6.45) is 34.7. The molecule has 71 heavy (non-hydrogen) atoms. The van der Waals surface area contributed by atoms with Crippen LogP contribution in [0.2, 0.25) is 0 Å². The maximum Gasteiger partial charge on any atom is 0.481 e. The van der Waals surface area contributed by atoms with Crippen LogP contribution in [0.25, 0.3) is 0 Å². The van der Waals surface area contributed by atoms with E-state index in [1.54, 1.807) is 0 Å². The number of epoxide rings is 1. The SMILES string of the molecule is CCCCC/C=C\C/C=C\C/C=C\C/C=C\CCCC(=O)OC[C@H](COP(=O)(O)OP(=O)(O)OC[C@H]1O[C@@H](n2ccc(N)nc2=O)[C@H](O)[C@@H]1O)OC(=O)CCCCCCCC1OC1C/C=C\CCCCC. The van der Waals surface area contributed by atoms with E-state index in [2.05, 4.69) is 71.8 Å². The number of nitrogens with two attached hydrogens (primary N) is 1. The summed E-state index contributed by atoms with van der Waals surface area (Å²) in [4.78, 5) is 61.9. The Morgan fingerprint density at radius 1 is 0.704 bits per heavy atom. The zero-order valence-corrected chi connectivity index (χ0v) is 43.5. The Morgan fingerprint density at radius 2 is 1.28 bits per heavy atom. The third-order valence-corrected chi connectivity index (χ3v) is 14.1. The van der Waals surface area contributed by atoms with Crippen molar-refractivity contribution in [3.8, 4) is 0 Å². The molecule has 0 bridgehead atoms. The van der Waals surface area contributed by atoms with Gasteiger partial charge in [-0.05, 0) is 83.1 Å². The number of phosphoric acid groups is 2. The summed E-state index contributed by atoms with van der Waals surface area (Å²) in [6, 6.07) is 1.24. The molecule has 1 aromatic heterocycles. The zero-order valence-electron chi connectivity index (χ0n) is 41.7. The second kappa shape index (κ2) is 35.6. The second-order valence-electron chi connectivity index (χ2n) is 17.7. The largest absolute Gasteiger partial charge is 0.481 e. The molecule has 9 atom stereocenters. The van der Waals surface area contributed by atoms with Gasteiger partial charge >= 0.3 is 33.3 Å². The number of esters is 2. The standard InChI is InChI=1S/C50H81N3O16P2/c1-3-5-7-9-11-12-13-14-15-16-17-18-19-20-21-25-29-33-45(54)63-37-40(66-46(55)34-30-26-22-24-28-32-42-41(67-42)31-27-23-10-8-6-4-2)38-64-70(59,60)69-71(61,62)65-39-43-47(56)48(57)49(68-43)53-36-35-44(51)52-50(53)58/h11-12,14-15,17-18,20-21,23,27,35-36,40-43,47-49,56-57H,3-10,13,16,19,22,24-26,28-34,37-39H2,1-2H3,(H,59,60)(H,61,62)(H2,51,52,58)/b12-11-,15-14-,18-17-,21-20-,27-23-/t40-,41?,42?,43-,47-,48-,49-/m1/s1. The van der Waals surface area contributed by atoms with Crippen LogP contribution in [-0.4, -0.2) is 97.9 Å². The van der Waals surface area contributed by atoms with Crippen LogP contribution in [0.5, 0.6) is 0 Å². The van der Waals surface area contributed by atoms with Gasteiger partial charge < -0.3 is 44.7 Å². The predicted molar refractivity (Wildman–Crippen MR) is 270 cm³/mol. The summed E-state index contributed by atoms with van der Waals surface area (Å²) in [5, 5.41) is 20.9. The van der Waals surface area contributed by atoms with Gasteiger partial charge in [-0.1, -0.05) is 126 Å². The summed E-state index contributed by atoms with van der Waals surface area (Å²) >= 11 is 0. The molecule has 3 rings (SSSR count). The number of unbranched alkanes of at least 4 members (excludes halogenated alkanes) is 11. The topological polar surface area (TPSA) is 278 Å². The van der Waals surface area contributed by atoms with Crippen molar-refractivity contribution in [3.05, 3.63) is 83.5 Å². The van der Waals surface area contributed by atoms with Crippen LogP contribution in [-0.2, 0) is 51.0 Å². The first kappa shape index (κ1) is 61.7. The Kier molecular flexibility index (Phi) is 30.9. The molecule has 4 unspecified atom stereocenters. The lowest BCUT2D eigenvalue weighted by Gasteiger charge is -2.21. The number of phosphoric ester groups is 2. The van der Waals surface area contributed by atoms with E-state index < -0.39 is 83.7 Å². The van der Waals surface area contributed by atoms with Crippen molar-refractivity contribution in [1.82, 2.24) is 9.55 Å². The molecular weight excluding hydrogens is 961 g/mol. The molecule has 0 spiro atoms. The van der Waals surface area contributed by atoms with Gasteiger partial charge in [0.25, 0.3) is 0 Å². The maximum atomic E-state index is 12.9. The van der Waals surface area contributed by atoms with E-state index in [1.165, 1.54) is 44.6 Å². The molecule has 19 nitrogen and oxygen atoms in total. The highest BCUT2D eigenvalue weighted by Crippen LogP contribution is 2.60. The number of rotatable bonds is 40. The van der Waals surface area contributed by atoms with Gasteiger partial charge in [-0.2, -0.15) is 9.29 Å². The number of hydrogen-bond donors (Lipinski definition) is 5. The molecule has 2 aliphatic rings. The Morgan fingerprint density at radius 3 is 1.93 bits per heavy atom. The van der Waals surface area contributed by atoms with E-state index in [1.807, 2.05) is 12.2 Å². The molecule has 0 aromatic carbocycles. The molecule has 1 aromatic rings. The van der Waals surface area contributed by atoms with Gasteiger partial charge in [-0.25, -0.2) is 13.9 Å². The van der Waals surface area contributed by atoms with Crippen LogP contribution in [0, 0.1) is 0 Å². The summed E-state index contributed by atoms with van der Waals surface area (Å²) in [5.74, 6) is -1.39. The minimum atomic E-state index is -5.44. The van der Waals surface area contributed by atoms with Crippen LogP contribution in [0.4, 0.5) is 5.82 Å². The number of aliphatic hydroxyl groups excluding tert-OH is 2. The van der Waals surface area contributed by atoms with Crippen LogP contribution in [0.3, 0.4) is 0 Å². The number of allylic oxidation sites excluding steroid dienone is 9. The molecule has 21 heteroatoms. The zero-order chi connectivity index (χ0) is 51.7. The molecule has 0 amide bonds. The lowest BCUT2D eigenvalue weighted by molar-refractivity contribution is -0.161. The van der Waals surface area contributed by atoms with Gasteiger partial charge in [0, 0.05) is 19.0 Å². The number of nitrogen functional groups attached to an aromatic ring is 1. The molecule has 2 saturated heterocycles. The molecule has 0 aliphatic carbocycles. The average molecular weight is 1040 g/mol. The van der Waals surface area contributed by atoms with Gasteiger partial charge in [0.15, 0.2) is 12.3 Å². The first-order valence-electron chi connectivity index (χ1n) is 25.4. The summed E-state index contributed by atoms with van der Waals surface area (Å²) in [5.41, 5.74) is 4.58. The Balaban J connectivity index is 1.42. The molecule has 0 radical (unpaired) electrons. The lowest BCUT2D eigenvalue weighted by atomic mass is 10.1. The van der Waals surface area contributed by atoms with Crippen molar-refractivity contribution < 1.29 is 71.0 Å². The molecule has 402 valence electrons. The van der Waals surface area contributed by atoms with Crippen molar-refractivity contribution in [2.75, 3.05) is 25.6 Å². The van der Waals surface area contributed by atoms with Crippen molar-refractivity contribution in [3.63, 3.8) is 0 Å². The monoisotopic (exact) mass is 1040 g/mol. The minimum absolute atomic E-state index is 0.0129. The fraction of sp³-hybridized carbons (Fsp3) is 0.680. The van der Waals surface area contributed by atoms with Crippen LogP contribution in [0.15, 0.2) is 77.8 Å². The second-order valence-corrected chi connectivity index (χ2v) is 20.7. The number of ether oxygens (including phenoxy) is 4. The molecule has 3 heterocycles. The number of carbonyl (C=O) groups excluding carboxylic acids is 2. The number of nitrogens with zero attached hydrogens (tertiary/aromatic N) is 2. The quantitative estimate of drug-likeness (QED) is 0.0135. The summed E-state index contributed by atoms with van der Waals surface area (Å²) in [6.45, 7) is 2.01. The van der Waals surface area contributed by atoms with E-state index in [-0.39, 0.29) is 18.7 Å². The first-order chi connectivity index (χ1) is 34.1. The van der Waals surface area contributed by atoms with Gasteiger partial charge in [-0.3, -0.25) is 23.2 Å². The van der Waals surface area contributed by atoms with E-state index in [4.69, 9.17) is 33.7 Å². The van der Waals surface area contributed by atoms with E-state index in [9.17, 15) is 43.5 Å². The Bertz CT molecular complexity index is 1990. The predicted octanol–water partition coefficient (Wildman–Crippen LogP) is 9.32. The fourth-order valence-corrected chi connectivity index (χ4v) is 9.54. The van der Waals surface area contributed by atoms with Gasteiger partial charge in [0.2, 0.25) is 0 Å². The minimum Gasteiger partial charge on any atom is -0.462 e. The van der Waals surface area contributed by atoms with E-state index in [0.29, 0.717) is 31.5 Å². The Hall–Kier alpha value is -3.58. The van der Waals surface area contributed by atoms with Crippen LogP contribution in [0.1, 0.15) is 161 Å². The van der Waals surface area contributed by atoms with Crippen molar-refractivity contribution in [1.29, 1.82) is 0 Å². The van der Waals surface area contributed by atoms with Crippen molar-refractivity contribution >= 4 is 33.4 Å². The fourth-order valence-electron chi connectivity index (χ4n) is 7.43. The first-order valence-corrected chi connectivity index (χ1v) is 28.4. The number of aromatic nitrogens is 2. The van der Waals surface area contributed by atoms with Gasteiger partial charge in [0.1, 0.15) is 30.7 Å². The lowest BCUT2D eigenvalue weighted by Crippen LogP contribution is -2.36. The number of anilines is 1. The van der Waals surface area contributed by atoms with E-state index in [0.717, 1.165) is 81.4 Å². The maximum absolute atomic E-state index is 12.9.